The molecule has 226 valence electrons. The Labute approximate surface area is 250 Å². The number of aromatic hydroxyl groups is 1. The average molecular weight is 600 g/mol. The lowest BCUT2D eigenvalue weighted by Crippen LogP contribution is -2.65. The zero-order chi connectivity index (χ0) is 31.7. The first-order chi connectivity index (χ1) is 20.9. The summed E-state index contributed by atoms with van der Waals surface area (Å²) >= 11 is 0. The van der Waals surface area contributed by atoms with Gasteiger partial charge < -0.3 is 30.7 Å². The molecule has 3 aromatic rings. The average Bonchev–Trinajstić information content (AvgIpc) is 3.50. The number of hydrogen-bond acceptors (Lipinski definition) is 11. The van der Waals surface area contributed by atoms with Crippen LogP contribution >= 0.6 is 0 Å². The second-order valence-electron chi connectivity index (χ2n) is 11.6. The number of hydrogen-bond donors (Lipinski definition) is 5. The summed E-state index contributed by atoms with van der Waals surface area (Å²) < 4.78 is 4.97. The SMILES string of the molecule is CN(C)[C@@H]1C(=O)C(C(N)=O)=C(O)[C@@]2(O)C(=O)C3=C(O)c4c(O)ccc(-c5cccc(CC(=O)c6ccno6)c5)c4C[C@H]3C[C@@H]12. The Balaban J connectivity index is 1.46. The van der Waals surface area contributed by atoms with E-state index in [0.717, 1.165) is 0 Å². The van der Waals surface area contributed by atoms with E-state index < -0.39 is 58.0 Å². The topological polar surface area (TPSA) is 204 Å². The number of rotatable bonds is 6. The van der Waals surface area contributed by atoms with Crippen molar-refractivity contribution in [3.8, 4) is 16.9 Å². The van der Waals surface area contributed by atoms with Gasteiger partial charge in [-0.3, -0.25) is 24.1 Å². The second-order valence-corrected chi connectivity index (χ2v) is 11.6. The number of likely N-dealkylation sites (N-methyl/N-ethyl adjacent to an activating group) is 1. The molecule has 1 heterocycles. The van der Waals surface area contributed by atoms with Gasteiger partial charge in [-0.1, -0.05) is 35.5 Å². The Hall–Kier alpha value is -5.07. The van der Waals surface area contributed by atoms with Crippen LogP contribution in [0.3, 0.4) is 0 Å². The van der Waals surface area contributed by atoms with Gasteiger partial charge in [-0.25, -0.2) is 0 Å². The van der Waals surface area contributed by atoms with Crippen molar-refractivity contribution >= 4 is 29.0 Å². The first-order valence-electron chi connectivity index (χ1n) is 13.9. The maximum atomic E-state index is 14.0. The number of benzene rings is 2. The summed E-state index contributed by atoms with van der Waals surface area (Å²) in [5.41, 5.74) is 4.09. The molecule has 1 fully saturated rings. The van der Waals surface area contributed by atoms with E-state index in [1.165, 1.54) is 23.2 Å². The highest BCUT2D eigenvalue weighted by atomic mass is 16.5. The zero-order valence-corrected chi connectivity index (χ0v) is 23.8. The number of amides is 1. The Morgan fingerprint density at radius 3 is 2.52 bits per heavy atom. The largest absolute Gasteiger partial charge is 0.508 e. The lowest BCUT2D eigenvalue weighted by atomic mass is 9.57. The number of nitrogens with zero attached hydrogens (tertiary/aromatic N) is 2. The lowest BCUT2D eigenvalue weighted by molar-refractivity contribution is -0.153. The van der Waals surface area contributed by atoms with Crippen LogP contribution in [-0.2, 0) is 27.2 Å². The maximum Gasteiger partial charge on any atom is 0.255 e. The number of phenolic OH excluding ortho intramolecular Hbond substituents is 1. The van der Waals surface area contributed by atoms with Crippen LogP contribution in [0.5, 0.6) is 5.75 Å². The minimum Gasteiger partial charge on any atom is -0.508 e. The predicted octanol–water partition coefficient (Wildman–Crippen LogP) is 2.04. The molecular weight excluding hydrogens is 570 g/mol. The highest BCUT2D eigenvalue weighted by Crippen LogP contribution is 2.53. The summed E-state index contributed by atoms with van der Waals surface area (Å²) in [6.07, 6.45) is 1.54. The molecule has 12 nitrogen and oxygen atoms in total. The molecule has 12 heteroatoms. The third kappa shape index (κ3) is 4.17. The van der Waals surface area contributed by atoms with Gasteiger partial charge in [0.05, 0.1) is 17.8 Å². The van der Waals surface area contributed by atoms with E-state index in [2.05, 4.69) is 5.16 Å². The summed E-state index contributed by atoms with van der Waals surface area (Å²) in [5, 5.41) is 48.7. The van der Waals surface area contributed by atoms with Gasteiger partial charge in [-0.05, 0) is 61.2 Å². The Bertz CT molecular complexity index is 1820. The number of aliphatic hydroxyl groups excluding tert-OH is 2. The molecule has 6 N–H and O–H groups in total. The molecule has 4 atom stereocenters. The van der Waals surface area contributed by atoms with Gasteiger partial charge in [0.25, 0.3) is 5.91 Å². The fourth-order valence-electron chi connectivity index (χ4n) is 7.00. The molecule has 3 aliphatic carbocycles. The number of ketones is 3. The predicted molar refractivity (Wildman–Crippen MR) is 154 cm³/mol. The number of phenols is 1. The minimum atomic E-state index is -2.71. The van der Waals surface area contributed by atoms with Crippen LogP contribution in [-0.4, -0.2) is 79.5 Å². The summed E-state index contributed by atoms with van der Waals surface area (Å²) in [6.45, 7) is 0. The van der Waals surface area contributed by atoms with Crippen molar-refractivity contribution in [1.82, 2.24) is 10.1 Å². The van der Waals surface area contributed by atoms with E-state index in [4.69, 9.17) is 10.3 Å². The molecule has 0 saturated heterocycles. The normalized spacial score (nSPS) is 24.7. The van der Waals surface area contributed by atoms with E-state index in [0.29, 0.717) is 22.3 Å². The smallest absolute Gasteiger partial charge is 0.255 e. The van der Waals surface area contributed by atoms with Gasteiger partial charge in [0.2, 0.25) is 17.3 Å². The Morgan fingerprint density at radius 2 is 1.86 bits per heavy atom. The van der Waals surface area contributed by atoms with Crippen LogP contribution in [0.25, 0.3) is 16.9 Å². The second kappa shape index (κ2) is 10.3. The van der Waals surface area contributed by atoms with Crippen molar-refractivity contribution < 1.29 is 44.1 Å². The van der Waals surface area contributed by atoms with Crippen molar-refractivity contribution in [2.24, 2.45) is 17.6 Å². The number of fused-ring (bicyclic) bond motifs is 3. The molecule has 0 spiro atoms. The van der Waals surface area contributed by atoms with Gasteiger partial charge in [0, 0.05) is 24.0 Å². The molecule has 1 amide bonds. The van der Waals surface area contributed by atoms with E-state index >= 15 is 0 Å². The highest BCUT2D eigenvalue weighted by Gasteiger charge is 2.64. The van der Waals surface area contributed by atoms with Gasteiger partial charge in [0.15, 0.2) is 11.4 Å². The first-order valence-corrected chi connectivity index (χ1v) is 13.9. The summed E-state index contributed by atoms with van der Waals surface area (Å²) in [4.78, 5) is 53.6. The number of primary amides is 1. The van der Waals surface area contributed by atoms with Crippen LogP contribution in [0.4, 0.5) is 0 Å². The standard InChI is InChI=1S/C32H29N3O9/c1-35(2)26-19-13-16-12-18-17(15-5-3-4-14(10-15)11-21(37)22-8-9-34-44-22)6-7-20(36)24(18)27(38)23(16)29(40)32(19,43)30(41)25(28(26)39)31(33)42/h3-10,16,19,26,36,38,41,43H,11-13H2,1-2H3,(H2,33,42)/t16-,19-,26-,32-/m0/s1. The molecule has 0 radical (unpaired) electrons. The van der Waals surface area contributed by atoms with Gasteiger partial charge in [-0.2, -0.15) is 0 Å². The van der Waals surface area contributed by atoms with Crippen LogP contribution in [0.2, 0.25) is 0 Å². The maximum absolute atomic E-state index is 14.0. The highest BCUT2D eigenvalue weighted by molar-refractivity contribution is 6.24. The third-order valence-electron chi connectivity index (χ3n) is 8.92. The molecule has 0 bridgehead atoms. The zero-order valence-electron chi connectivity index (χ0n) is 23.8. The van der Waals surface area contributed by atoms with Crippen molar-refractivity contribution in [1.29, 1.82) is 0 Å². The molecule has 3 aliphatic rings. The number of carbonyl (C=O) groups is 4. The van der Waals surface area contributed by atoms with Gasteiger partial charge in [0.1, 0.15) is 22.8 Å². The molecule has 1 aromatic heterocycles. The molecule has 1 saturated carbocycles. The van der Waals surface area contributed by atoms with Crippen LogP contribution in [0.1, 0.15) is 33.7 Å². The van der Waals surface area contributed by atoms with Crippen LogP contribution in [0, 0.1) is 11.8 Å². The molecule has 0 unspecified atom stereocenters. The van der Waals surface area contributed by atoms with E-state index in [-0.39, 0.29) is 47.7 Å². The van der Waals surface area contributed by atoms with Crippen LogP contribution in [0.15, 0.2) is 70.1 Å². The summed E-state index contributed by atoms with van der Waals surface area (Å²) in [7, 11) is 3.09. The quantitative estimate of drug-likeness (QED) is 0.205. The van der Waals surface area contributed by atoms with Gasteiger partial charge >= 0.3 is 0 Å². The first kappa shape index (κ1) is 29.0. The molecular formula is C32H29N3O9. The number of Topliss-reactive ketones (excluding diaryl/α,β-unsaturated/α-hetero) is 3. The molecule has 2 aromatic carbocycles. The fraction of sp³-hybridized carbons (Fsp3) is 0.281. The van der Waals surface area contributed by atoms with Crippen LogP contribution < -0.4 is 5.73 Å². The molecule has 0 aliphatic heterocycles. The molecule has 44 heavy (non-hydrogen) atoms. The van der Waals surface area contributed by atoms with Crippen molar-refractivity contribution in [2.75, 3.05) is 14.1 Å². The fourth-order valence-corrected chi connectivity index (χ4v) is 7.00. The van der Waals surface area contributed by atoms with Gasteiger partial charge in [-0.15, -0.1) is 0 Å². The van der Waals surface area contributed by atoms with Crippen molar-refractivity contribution in [3.63, 3.8) is 0 Å². The Kier molecular flexibility index (Phi) is 6.78. The molecule has 6 rings (SSSR count). The van der Waals surface area contributed by atoms with E-state index in [1.54, 1.807) is 38.4 Å². The van der Waals surface area contributed by atoms with Crippen molar-refractivity contribution in [3.05, 3.63) is 88.0 Å². The number of carbonyl (C=O) groups excluding carboxylic acids is 4. The monoisotopic (exact) mass is 599 g/mol. The lowest BCUT2D eigenvalue weighted by Gasteiger charge is -2.50. The summed E-state index contributed by atoms with van der Waals surface area (Å²) in [6, 6.07) is 10.5. The summed E-state index contributed by atoms with van der Waals surface area (Å²) in [5.74, 6) is -7.22. The third-order valence-corrected chi connectivity index (χ3v) is 8.92. The minimum absolute atomic E-state index is 0.0121. The number of aromatic nitrogens is 1. The number of aliphatic hydroxyl groups is 3. The van der Waals surface area contributed by atoms with Crippen molar-refractivity contribution in [2.45, 2.75) is 30.9 Å². The number of nitrogens with two attached hydrogens (primary N) is 1. The van der Waals surface area contributed by atoms with E-state index in [1.807, 2.05) is 6.07 Å². The Morgan fingerprint density at radius 1 is 1.11 bits per heavy atom. The van der Waals surface area contributed by atoms with E-state index in [9.17, 15) is 39.6 Å².